The number of aromatic nitrogens is 3. The fourth-order valence-electron chi connectivity index (χ4n) is 2.04. The van der Waals surface area contributed by atoms with Crippen LogP contribution in [0.3, 0.4) is 0 Å². The van der Waals surface area contributed by atoms with Crippen molar-refractivity contribution in [3.05, 3.63) is 47.6 Å². The normalized spacial score (nSPS) is 11.1. The van der Waals surface area contributed by atoms with Crippen molar-refractivity contribution in [1.82, 2.24) is 14.5 Å². The maximum Gasteiger partial charge on any atom is 0.129 e. The molecule has 0 N–H and O–H groups in total. The smallest absolute Gasteiger partial charge is 0.129 e. The van der Waals surface area contributed by atoms with Crippen molar-refractivity contribution in [2.45, 2.75) is 6.92 Å². The van der Waals surface area contributed by atoms with E-state index in [2.05, 4.69) is 32.7 Å². The summed E-state index contributed by atoms with van der Waals surface area (Å²) >= 11 is 5.92. The molecule has 0 radical (unpaired) electrons. The number of fused-ring (bicyclic) bond motifs is 1. The molecule has 0 bridgehead atoms. The van der Waals surface area contributed by atoms with E-state index in [0.717, 1.165) is 27.9 Å². The highest BCUT2D eigenvalue weighted by Crippen LogP contribution is 2.25. The Morgan fingerprint density at radius 3 is 2.61 bits per heavy atom. The lowest BCUT2D eigenvalue weighted by molar-refractivity contribution is 0.865. The fraction of sp³-hybridized carbons (Fsp3) is 0.143. The summed E-state index contributed by atoms with van der Waals surface area (Å²) in [5.41, 5.74) is 2.23. The molecule has 3 nitrogen and oxygen atoms in total. The summed E-state index contributed by atoms with van der Waals surface area (Å²) in [6.07, 6.45) is 3.68. The van der Waals surface area contributed by atoms with Gasteiger partial charge in [0.1, 0.15) is 11.0 Å². The summed E-state index contributed by atoms with van der Waals surface area (Å²) in [4.78, 5) is 8.39. The Morgan fingerprint density at radius 1 is 1.06 bits per heavy atom. The Balaban J connectivity index is 2.21. The zero-order chi connectivity index (χ0) is 12.7. The molecule has 0 aliphatic heterocycles. The van der Waals surface area contributed by atoms with Crippen molar-refractivity contribution < 1.29 is 0 Å². The van der Waals surface area contributed by atoms with E-state index in [9.17, 15) is 0 Å². The SMILES string of the molecule is Cc1ncc(-c2ccc3cnc(Cl)cc3c2)n1C. The molecular formula is C14H12ClN3. The Labute approximate surface area is 110 Å². The lowest BCUT2D eigenvalue weighted by Gasteiger charge is -2.05. The van der Waals surface area contributed by atoms with E-state index in [1.807, 2.05) is 26.2 Å². The minimum Gasteiger partial charge on any atom is -0.331 e. The van der Waals surface area contributed by atoms with E-state index < -0.39 is 0 Å². The van der Waals surface area contributed by atoms with E-state index in [0.29, 0.717) is 5.15 Å². The lowest BCUT2D eigenvalue weighted by atomic mass is 10.1. The van der Waals surface area contributed by atoms with Crippen molar-refractivity contribution in [1.29, 1.82) is 0 Å². The summed E-state index contributed by atoms with van der Waals surface area (Å²) in [6, 6.07) is 8.12. The van der Waals surface area contributed by atoms with E-state index >= 15 is 0 Å². The minimum atomic E-state index is 0.515. The molecule has 0 saturated carbocycles. The number of hydrogen-bond donors (Lipinski definition) is 0. The van der Waals surface area contributed by atoms with Gasteiger partial charge in [0, 0.05) is 24.2 Å². The first kappa shape index (κ1) is 11.2. The number of halogens is 1. The monoisotopic (exact) mass is 257 g/mol. The van der Waals surface area contributed by atoms with E-state index in [4.69, 9.17) is 11.6 Å². The summed E-state index contributed by atoms with van der Waals surface area (Å²) in [7, 11) is 2.02. The van der Waals surface area contributed by atoms with Crippen LogP contribution in [0.2, 0.25) is 5.15 Å². The van der Waals surface area contributed by atoms with Crippen LogP contribution in [0.5, 0.6) is 0 Å². The number of imidazole rings is 1. The van der Waals surface area contributed by atoms with Gasteiger partial charge in [-0.1, -0.05) is 23.7 Å². The molecule has 0 amide bonds. The topological polar surface area (TPSA) is 30.7 Å². The zero-order valence-corrected chi connectivity index (χ0v) is 10.9. The predicted molar refractivity (Wildman–Crippen MR) is 73.7 cm³/mol. The standard InChI is InChI=1S/C14H12ClN3/c1-9-16-8-13(18(9)2)10-3-4-11-7-17-14(15)6-12(11)5-10/h3-8H,1-2H3. The van der Waals surface area contributed by atoms with E-state index in [-0.39, 0.29) is 0 Å². The second-order valence-corrected chi connectivity index (χ2v) is 4.71. The number of rotatable bonds is 1. The van der Waals surface area contributed by atoms with Gasteiger partial charge in [0.25, 0.3) is 0 Å². The third kappa shape index (κ3) is 1.77. The number of pyridine rings is 1. The largest absolute Gasteiger partial charge is 0.331 e. The molecule has 90 valence electrons. The quantitative estimate of drug-likeness (QED) is 0.624. The molecule has 0 unspecified atom stereocenters. The maximum absolute atomic E-state index is 5.92. The van der Waals surface area contributed by atoms with Gasteiger partial charge in [-0.3, -0.25) is 0 Å². The molecule has 1 aromatic carbocycles. The Kier molecular flexibility index (Phi) is 2.56. The van der Waals surface area contributed by atoms with Crippen LogP contribution in [0.4, 0.5) is 0 Å². The molecule has 2 heterocycles. The van der Waals surface area contributed by atoms with Gasteiger partial charge in [0.15, 0.2) is 0 Å². The average Bonchev–Trinajstić information content (AvgIpc) is 2.69. The number of aryl methyl sites for hydroxylation is 1. The molecule has 0 aliphatic rings. The lowest BCUT2D eigenvalue weighted by Crippen LogP contribution is -1.94. The molecule has 18 heavy (non-hydrogen) atoms. The number of nitrogens with zero attached hydrogens (tertiary/aromatic N) is 3. The first-order valence-electron chi connectivity index (χ1n) is 5.69. The number of benzene rings is 1. The van der Waals surface area contributed by atoms with Crippen LogP contribution in [0.15, 0.2) is 36.7 Å². The molecule has 0 fully saturated rings. The summed E-state index contributed by atoms with van der Waals surface area (Å²) < 4.78 is 2.07. The highest BCUT2D eigenvalue weighted by molar-refractivity contribution is 6.30. The fourth-order valence-corrected chi connectivity index (χ4v) is 2.21. The molecule has 0 aliphatic carbocycles. The first-order chi connectivity index (χ1) is 8.65. The van der Waals surface area contributed by atoms with Crippen LogP contribution in [-0.4, -0.2) is 14.5 Å². The van der Waals surface area contributed by atoms with Gasteiger partial charge in [-0.2, -0.15) is 0 Å². The van der Waals surface area contributed by atoms with Crippen LogP contribution in [0.25, 0.3) is 22.0 Å². The van der Waals surface area contributed by atoms with Crippen molar-refractivity contribution in [2.75, 3.05) is 0 Å². The van der Waals surface area contributed by atoms with Crippen molar-refractivity contribution in [3.8, 4) is 11.3 Å². The summed E-state index contributed by atoms with van der Waals surface area (Å²) in [5.74, 6) is 0.998. The van der Waals surface area contributed by atoms with Crippen LogP contribution in [-0.2, 0) is 7.05 Å². The van der Waals surface area contributed by atoms with Gasteiger partial charge in [0.05, 0.1) is 11.9 Å². The molecule has 0 atom stereocenters. The molecular weight excluding hydrogens is 246 g/mol. The van der Waals surface area contributed by atoms with Crippen molar-refractivity contribution in [3.63, 3.8) is 0 Å². The van der Waals surface area contributed by atoms with Crippen molar-refractivity contribution in [2.24, 2.45) is 7.05 Å². The Morgan fingerprint density at radius 2 is 1.89 bits per heavy atom. The summed E-state index contributed by atoms with van der Waals surface area (Å²) in [6.45, 7) is 1.99. The highest BCUT2D eigenvalue weighted by Gasteiger charge is 2.06. The van der Waals surface area contributed by atoms with E-state index in [1.165, 1.54) is 0 Å². The van der Waals surface area contributed by atoms with Gasteiger partial charge >= 0.3 is 0 Å². The van der Waals surface area contributed by atoms with Gasteiger partial charge in [-0.15, -0.1) is 0 Å². The van der Waals surface area contributed by atoms with Gasteiger partial charge in [0.2, 0.25) is 0 Å². The molecule has 3 aromatic rings. The average molecular weight is 258 g/mol. The molecule has 3 rings (SSSR count). The minimum absolute atomic E-state index is 0.515. The second kappa shape index (κ2) is 4.10. The third-order valence-electron chi connectivity index (χ3n) is 3.20. The van der Waals surface area contributed by atoms with Gasteiger partial charge < -0.3 is 4.57 Å². The Bertz CT molecular complexity index is 731. The molecule has 2 aromatic heterocycles. The van der Waals surface area contributed by atoms with Crippen LogP contribution in [0.1, 0.15) is 5.82 Å². The number of hydrogen-bond acceptors (Lipinski definition) is 2. The van der Waals surface area contributed by atoms with Crippen LogP contribution in [0, 0.1) is 6.92 Å². The summed E-state index contributed by atoms with van der Waals surface area (Å²) in [5, 5.41) is 2.69. The zero-order valence-electron chi connectivity index (χ0n) is 10.2. The molecule has 4 heteroatoms. The highest BCUT2D eigenvalue weighted by atomic mass is 35.5. The second-order valence-electron chi connectivity index (χ2n) is 4.32. The third-order valence-corrected chi connectivity index (χ3v) is 3.41. The maximum atomic E-state index is 5.92. The van der Waals surface area contributed by atoms with E-state index in [1.54, 1.807) is 6.20 Å². The van der Waals surface area contributed by atoms with Gasteiger partial charge in [-0.25, -0.2) is 9.97 Å². The Hall–Kier alpha value is -1.87. The first-order valence-corrected chi connectivity index (χ1v) is 6.07. The molecule has 0 saturated heterocycles. The van der Waals surface area contributed by atoms with Crippen LogP contribution < -0.4 is 0 Å². The van der Waals surface area contributed by atoms with Gasteiger partial charge in [-0.05, 0) is 24.4 Å². The van der Waals surface area contributed by atoms with Crippen molar-refractivity contribution >= 4 is 22.4 Å². The predicted octanol–water partition coefficient (Wildman–Crippen LogP) is 3.60. The molecule has 0 spiro atoms. The van der Waals surface area contributed by atoms with Crippen LogP contribution >= 0.6 is 11.6 Å².